The second-order valence-corrected chi connectivity index (χ2v) is 13.6. The third-order valence-corrected chi connectivity index (χ3v) is 8.56. The van der Waals surface area contributed by atoms with E-state index in [1.165, 1.54) is 0 Å². The van der Waals surface area contributed by atoms with Gasteiger partial charge >= 0.3 is 12.1 Å². The van der Waals surface area contributed by atoms with E-state index >= 15 is 0 Å². The number of carbonyl (C=O) groups is 1. The molecule has 1 amide bonds. The fourth-order valence-electron chi connectivity index (χ4n) is 5.99. The number of anilines is 1. The summed E-state index contributed by atoms with van der Waals surface area (Å²) in [6, 6.07) is 23.0. The van der Waals surface area contributed by atoms with Gasteiger partial charge in [0.1, 0.15) is 24.6 Å². The van der Waals surface area contributed by atoms with Crippen LogP contribution in [0.3, 0.4) is 0 Å². The number of ether oxygens (including phenoxy) is 3. The van der Waals surface area contributed by atoms with Crippen molar-refractivity contribution in [1.82, 2.24) is 10.2 Å². The molecule has 3 aromatic carbocycles. The van der Waals surface area contributed by atoms with Gasteiger partial charge in [0.2, 0.25) is 0 Å². The largest absolute Gasteiger partial charge is 0.489 e. The van der Waals surface area contributed by atoms with Crippen LogP contribution in [-0.4, -0.2) is 74.2 Å². The quantitative estimate of drug-likeness (QED) is 0.140. The Morgan fingerprint density at radius 1 is 1.12 bits per heavy atom. The first kappa shape index (κ1) is 36.5. The minimum Gasteiger partial charge on any atom is -0.489 e. The number of nitrogens with one attached hydrogen (secondary N) is 1. The summed E-state index contributed by atoms with van der Waals surface area (Å²) in [5.41, 5.74) is 2.07. The topological polar surface area (TPSA) is 88.0 Å². The summed E-state index contributed by atoms with van der Waals surface area (Å²) in [5.74, 6) is 0.759. The van der Waals surface area contributed by atoms with E-state index in [4.69, 9.17) is 14.2 Å². The summed E-state index contributed by atoms with van der Waals surface area (Å²) in [6.45, 7) is 20.3. The van der Waals surface area contributed by atoms with Crippen molar-refractivity contribution >= 4 is 35.3 Å². The number of hydrogen-bond acceptors (Lipinski definition) is 7. The molecule has 48 heavy (non-hydrogen) atoms. The second-order valence-electron chi connectivity index (χ2n) is 13.6. The SMILES string of the molecule is C=NC(=NC(=C)CN(c1cc(OCc2ccccc2)cc2ccccc12)C(C)CC(CC)NC(=O)OC(C)(C)C)OC[C@@H]1CCCN1C. The molecule has 2 unspecified atom stereocenters. The van der Waals surface area contributed by atoms with Gasteiger partial charge in [-0.25, -0.2) is 9.79 Å². The zero-order chi connectivity index (χ0) is 34.7. The van der Waals surface area contributed by atoms with Crippen LogP contribution in [-0.2, 0) is 16.1 Å². The maximum atomic E-state index is 12.7. The molecule has 258 valence electrons. The van der Waals surface area contributed by atoms with Crippen molar-refractivity contribution < 1.29 is 19.0 Å². The molecule has 0 bridgehead atoms. The van der Waals surface area contributed by atoms with Crippen LogP contribution in [0.15, 0.2) is 89.0 Å². The lowest BCUT2D eigenvalue weighted by Crippen LogP contribution is -2.44. The Bertz CT molecular complexity index is 1550. The van der Waals surface area contributed by atoms with Crippen molar-refractivity contribution in [3.8, 4) is 5.75 Å². The molecule has 1 heterocycles. The van der Waals surface area contributed by atoms with Gasteiger partial charge in [-0.05, 0) is 90.7 Å². The average molecular weight is 656 g/mol. The minimum atomic E-state index is -0.582. The number of likely N-dealkylation sites (N-methyl/N-ethyl adjacent to an activating group) is 1. The molecule has 3 aromatic rings. The number of alkyl carbamates (subject to hydrolysis) is 1. The van der Waals surface area contributed by atoms with Crippen LogP contribution in [0.4, 0.5) is 10.5 Å². The summed E-state index contributed by atoms with van der Waals surface area (Å²) in [7, 11) is 2.11. The summed E-state index contributed by atoms with van der Waals surface area (Å²) in [6.07, 6.45) is 3.22. The zero-order valence-electron chi connectivity index (χ0n) is 29.6. The Kier molecular flexibility index (Phi) is 13.0. The molecule has 1 N–H and O–H groups in total. The minimum absolute atomic E-state index is 0.0437. The third-order valence-electron chi connectivity index (χ3n) is 8.56. The molecule has 3 atom stereocenters. The number of carbonyl (C=O) groups excluding carboxylic acids is 1. The summed E-state index contributed by atoms with van der Waals surface area (Å²) in [4.78, 5) is 26.1. The number of likely N-dealkylation sites (tertiary alicyclic amines) is 1. The molecular formula is C39H53N5O4. The number of rotatable bonds is 14. The maximum absolute atomic E-state index is 12.7. The Hall–Kier alpha value is -4.37. The molecule has 9 nitrogen and oxygen atoms in total. The van der Waals surface area contributed by atoms with Crippen molar-refractivity contribution in [2.75, 3.05) is 31.6 Å². The van der Waals surface area contributed by atoms with Crippen LogP contribution in [0.25, 0.3) is 10.8 Å². The number of hydrogen-bond donors (Lipinski definition) is 1. The molecular weight excluding hydrogens is 602 g/mol. The predicted octanol–water partition coefficient (Wildman–Crippen LogP) is 7.99. The van der Waals surface area contributed by atoms with Crippen molar-refractivity contribution in [2.45, 2.75) is 90.6 Å². The van der Waals surface area contributed by atoms with E-state index in [-0.39, 0.29) is 18.1 Å². The van der Waals surface area contributed by atoms with Crippen molar-refractivity contribution in [1.29, 1.82) is 0 Å². The maximum Gasteiger partial charge on any atom is 0.407 e. The molecule has 1 saturated heterocycles. The summed E-state index contributed by atoms with van der Waals surface area (Å²) < 4.78 is 17.9. The number of amidine groups is 1. The predicted molar refractivity (Wildman–Crippen MR) is 197 cm³/mol. The van der Waals surface area contributed by atoms with Crippen molar-refractivity contribution in [3.05, 3.63) is 84.6 Å². The van der Waals surface area contributed by atoms with E-state index in [1.54, 1.807) is 0 Å². The van der Waals surface area contributed by atoms with Crippen LogP contribution < -0.4 is 15.0 Å². The van der Waals surface area contributed by atoms with Gasteiger partial charge in [-0.2, -0.15) is 4.99 Å². The fraction of sp³-hybridized carbons (Fsp3) is 0.462. The van der Waals surface area contributed by atoms with E-state index in [2.05, 4.69) is 95.7 Å². The Balaban J connectivity index is 1.64. The molecule has 0 aliphatic carbocycles. The van der Waals surface area contributed by atoms with E-state index in [9.17, 15) is 4.79 Å². The standard InChI is InChI=1S/C39H53N5O4/c1-9-32(42-38(45)48-39(4,5)6)22-29(3)44(25-28(2)41-37(40-7)47-27-33-19-15-21-43(33)8)36-24-34(23-31-18-13-14-20-35(31)36)46-26-30-16-11-10-12-17-30/h10-14,16-18,20,23-24,29,32-33H,2,7,9,15,19,21-22,25-27H2,1,3-6,8H3,(H,42,45)/t29?,32?,33-/m0/s1. The third kappa shape index (κ3) is 10.8. The number of aliphatic imine (C=N–C) groups is 2. The zero-order valence-corrected chi connectivity index (χ0v) is 29.6. The van der Waals surface area contributed by atoms with E-state index in [0.717, 1.165) is 53.6 Å². The first-order valence-electron chi connectivity index (χ1n) is 17.0. The lowest BCUT2D eigenvalue weighted by molar-refractivity contribution is 0.0499. The van der Waals surface area contributed by atoms with Gasteiger partial charge in [0.15, 0.2) is 0 Å². The molecule has 4 rings (SSSR count). The van der Waals surface area contributed by atoms with E-state index in [0.29, 0.717) is 37.9 Å². The molecule has 0 saturated carbocycles. The smallest absolute Gasteiger partial charge is 0.407 e. The van der Waals surface area contributed by atoms with Gasteiger partial charge in [-0.1, -0.05) is 68.1 Å². The van der Waals surface area contributed by atoms with Crippen molar-refractivity contribution in [3.63, 3.8) is 0 Å². The van der Waals surface area contributed by atoms with E-state index in [1.807, 2.05) is 51.1 Å². The highest BCUT2D eigenvalue weighted by atomic mass is 16.6. The van der Waals surface area contributed by atoms with Gasteiger partial charge in [0.05, 0.1) is 12.2 Å². The van der Waals surface area contributed by atoms with Crippen LogP contribution in [0.2, 0.25) is 0 Å². The normalized spacial score (nSPS) is 16.6. The van der Waals surface area contributed by atoms with Crippen LogP contribution in [0.1, 0.15) is 65.9 Å². The average Bonchev–Trinajstić information content (AvgIpc) is 3.47. The van der Waals surface area contributed by atoms with Gasteiger partial charge in [0.25, 0.3) is 0 Å². The Morgan fingerprint density at radius 2 is 1.85 bits per heavy atom. The lowest BCUT2D eigenvalue weighted by atomic mass is 10.0. The summed E-state index contributed by atoms with van der Waals surface area (Å²) in [5, 5.41) is 5.21. The first-order valence-corrected chi connectivity index (χ1v) is 17.0. The fourth-order valence-corrected chi connectivity index (χ4v) is 5.99. The molecule has 1 aliphatic rings. The van der Waals surface area contributed by atoms with Gasteiger partial charge < -0.3 is 29.3 Å². The molecule has 0 radical (unpaired) electrons. The van der Waals surface area contributed by atoms with Gasteiger partial charge in [-0.3, -0.25) is 0 Å². The highest BCUT2D eigenvalue weighted by molar-refractivity contribution is 5.96. The van der Waals surface area contributed by atoms with Gasteiger partial charge in [-0.15, -0.1) is 0 Å². The first-order chi connectivity index (χ1) is 23.0. The molecule has 1 fully saturated rings. The highest BCUT2D eigenvalue weighted by Crippen LogP contribution is 2.35. The molecule has 1 aliphatic heterocycles. The van der Waals surface area contributed by atoms with Gasteiger partial charge in [0, 0.05) is 35.3 Å². The number of fused-ring (bicyclic) bond motifs is 1. The monoisotopic (exact) mass is 655 g/mol. The molecule has 9 heteroatoms. The van der Waals surface area contributed by atoms with Crippen LogP contribution in [0.5, 0.6) is 5.75 Å². The molecule has 0 spiro atoms. The summed E-state index contributed by atoms with van der Waals surface area (Å²) >= 11 is 0. The molecule has 0 aromatic heterocycles. The number of nitrogens with zero attached hydrogens (tertiary/aromatic N) is 4. The second kappa shape index (κ2) is 17.2. The highest BCUT2D eigenvalue weighted by Gasteiger charge is 2.26. The van der Waals surface area contributed by atoms with Crippen LogP contribution >= 0.6 is 0 Å². The number of amides is 1. The van der Waals surface area contributed by atoms with E-state index < -0.39 is 11.7 Å². The number of benzene rings is 3. The Labute approximate surface area is 286 Å². The Morgan fingerprint density at radius 3 is 2.52 bits per heavy atom. The van der Waals surface area contributed by atoms with Crippen LogP contribution in [0, 0.1) is 0 Å². The lowest BCUT2D eigenvalue weighted by Gasteiger charge is -2.35. The van der Waals surface area contributed by atoms with Crippen molar-refractivity contribution in [2.24, 2.45) is 9.98 Å².